The number of hydroxylamine groups is 2. The maximum atomic E-state index is 12.2. The van der Waals surface area contributed by atoms with Gasteiger partial charge in [-0.05, 0) is 74.9 Å². The maximum absolute atomic E-state index is 12.2. The second-order valence-corrected chi connectivity index (χ2v) is 9.31. The van der Waals surface area contributed by atoms with Gasteiger partial charge >= 0.3 is 5.97 Å². The van der Waals surface area contributed by atoms with Crippen molar-refractivity contribution < 1.29 is 24.3 Å². The summed E-state index contributed by atoms with van der Waals surface area (Å²) in [7, 11) is 1.28. The number of carbonyl (C=O) groups excluding carboxylic acids is 2. The van der Waals surface area contributed by atoms with Gasteiger partial charge in [-0.1, -0.05) is 27.4 Å². The third-order valence-corrected chi connectivity index (χ3v) is 5.95. The molecule has 180 valence electrons. The fourth-order valence-electron chi connectivity index (χ4n) is 2.79. The summed E-state index contributed by atoms with van der Waals surface area (Å²) in [5.74, 6) is -0.436. The molecule has 0 aliphatic rings. The minimum absolute atomic E-state index is 0.187. The lowest BCUT2D eigenvalue weighted by Gasteiger charge is -2.45. The summed E-state index contributed by atoms with van der Waals surface area (Å²) < 4.78 is 10.3. The number of ether oxygens (including phenoxy) is 2. The maximum Gasteiger partial charge on any atom is 0.328 e. The number of nitrogens with zero attached hydrogens (tertiary/aromatic N) is 1. The summed E-state index contributed by atoms with van der Waals surface area (Å²) in [5, 5.41) is 14.5. The van der Waals surface area contributed by atoms with E-state index in [9.17, 15) is 14.8 Å². The molecule has 1 aromatic carbocycles. The molecular formula is C24H39N3O5. The molecule has 1 amide bonds. The van der Waals surface area contributed by atoms with Crippen molar-refractivity contribution in [1.82, 2.24) is 10.4 Å². The van der Waals surface area contributed by atoms with Gasteiger partial charge in [-0.25, -0.2) is 4.79 Å². The first-order valence-corrected chi connectivity index (χ1v) is 10.8. The first kappa shape index (κ1) is 27.5. The number of carbonyl (C=O) groups is 2. The number of esters is 1. The van der Waals surface area contributed by atoms with E-state index in [0.717, 1.165) is 12.0 Å². The van der Waals surface area contributed by atoms with Crippen molar-refractivity contribution in [2.24, 2.45) is 11.1 Å². The van der Waals surface area contributed by atoms with Gasteiger partial charge in [0.05, 0.1) is 18.3 Å². The first-order chi connectivity index (χ1) is 14.8. The minimum atomic E-state index is -0.727. The highest BCUT2D eigenvalue weighted by atomic mass is 16.5. The van der Waals surface area contributed by atoms with Gasteiger partial charge in [0, 0.05) is 0 Å². The summed E-state index contributed by atoms with van der Waals surface area (Å²) in [4.78, 5) is 24.1. The van der Waals surface area contributed by atoms with E-state index in [1.807, 2.05) is 13.8 Å². The van der Waals surface area contributed by atoms with E-state index in [0.29, 0.717) is 30.8 Å². The van der Waals surface area contributed by atoms with E-state index in [2.05, 4.69) is 32.7 Å². The molecule has 1 atom stereocenters. The quantitative estimate of drug-likeness (QED) is 0.255. The molecule has 0 aliphatic carbocycles. The number of benzene rings is 1. The number of nitrogens with one attached hydrogen (secondary N) is 1. The third-order valence-electron chi connectivity index (χ3n) is 5.95. The van der Waals surface area contributed by atoms with Crippen LogP contribution in [-0.4, -0.2) is 54.0 Å². The van der Waals surface area contributed by atoms with E-state index in [1.54, 1.807) is 24.3 Å². The van der Waals surface area contributed by atoms with Gasteiger partial charge in [0.1, 0.15) is 11.8 Å². The second kappa shape index (κ2) is 11.9. The normalized spacial score (nSPS) is 12.6. The zero-order valence-electron chi connectivity index (χ0n) is 20.2. The number of rotatable bonds is 12. The molecule has 4 N–H and O–H groups in total. The second-order valence-electron chi connectivity index (χ2n) is 9.31. The van der Waals surface area contributed by atoms with Gasteiger partial charge in [0.15, 0.2) is 6.61 Å². The van der Waals surface area contributed by atoms with Crippen LogP contribution in [0.2, 0.25) is 0 Å². The van der Waals surface area contributed by atoms with E-state index in [4.69, 9.17) is 15.2 Å². The molecule has 0 unspecified atom stereocenters. The van der Waals surface area contributed by atoms with Crippen LogP contribution in [0.1, 0.15) is 59.4 Å². The van der Waals surface area contributed by atoms with Crippen LogP contribution in [0.15, 0.2) is 30.8 Å². The molecule has 32 heavy (non-hydrogen) atoms. The Morgan fingerprint density at radius 1 is 1.16 bits per heavy atom. The van der Waals surface area contributed by atoms with E-state index < -0.39 is 23.5 Å². The molecule has 0 radical (unpaired) electrons. The zero-order chi connectivity index (χ0) is 24.5. The van der Waals surface area contributed by atoms with E-state index >= 15 is 0 Å². The summed E-state index contributed by atoms with van der Waals surface area (Å²) in [6.45, 7) is 14.3. The van der Waals surface area contributed by atoms with Crippen molar-refractivity contribution in [3.8, 4) is 5.75 Å². The fraction of sp³-hybridized carbons (Fsp3) is 0.583. The van der Waals surface area contributed by atoms with Crippen molar-refractivity contribution in [3.05, 3.63) is 36.4 Å². The summed E-state index contributed by atoms with van der Waals surface area (Å²) >= 11 is 0. The Balaban J connectivity index is 2.69. The molecule has 0 bridgehead atoms. The van der Waals surface area contributed by atoms with Crippen LogP contribution < -0.4 is 15.8 Å². The summed E-state index contributed by atoms with van der Waals surface area (Å²) in [5.41, 5.74) is 5.94. The Morgan fingerprint density at radius 2 is 1.75 bits per heavy atom. The highest BCUT2D eigenvalue weighted by Crippen LogP contribution is 2.38. The number of amides is 1. The molecule has 0 aliphatic heterocycles. The topological polar surface area (TPSA) is 114 Å². The molecule has 8 heteroatoms. The van der Waals surface area contributed by atoms with Gasteiger partial charge in [-0.2, -0.15) is 0 Å². The van der Waals surface area contributed by atoms with Crippen molar-refractivity contribution in [2.45, 2.75) is 65.5 Å². The van der Waals surface area contributed by atoms with Gasteiger partial charge in [-0.3, -0.25) is 15.1 Å². The van der Waals surface area contributed by atoms with Crippen molar-refractivity contribution >= 4 is 17.6 Å². The molecule has 8 nitrogen and oxygen atoms in total. The van der Waals surface area contributed by atoms with Crippen LogP contribution in [0.25, 0.3) is 5.70 Å². The highest BCUT2D eigenvalue weighted by Gasteiger charge is 2.39. The Morgan fingerprint density at radius 3 is 2.25 bits per heavy atom. The van der Waals surface area contributed by atoms with Gasteiger partial charge in [-0.15, -0.1) is 0 Å². The average molecular weight is 450 g/mol. The summed E-state index contributed by atoms with van der Waals surface area (Å²) in [6.07, 6.45) is 1.92. The number of hydrogen-bond donors (Lipinski definition) is 3. The number of methoxy groups -OCH3 is 1. The molecule has 0 saturated heterocycles. The van der Waals surface area contributed by atoms with Gasteiger partial charge in [0.25, 0.3) is 5.91 Å². The van der Waals surface area contributed by atoms with Crippen LogP contribution in [0.4, 0.5) is 0 Å². The zero-order valence-corrected chi connectivity index (χ0v) is 20.2. The average Bonchev–Trinajstić information content (AvgIpc) is 2.75. The Kier molecular flexibility index (Phi) is 10.2. The summed E-state index contributed by atoms with van der Waals surface area (Å²) in [6, 6.07) is 6.20. The largest absolute Gasteiger partial charge is 0.484 e. The predicted molar refractivity (Wildman–Crippen MR) is 125 cm³/mol. The van der Waals surface area contributed by atoms with Gasteiger partial charge in [0.2, 0.25) is 0 Å². The lowest BCUT2D eigenvalue weighted by Crippen LogP contribution is -2.50. The predicted octanol–water partition coefficient (Wildman–Crippen LogP) is 3.34. The smallest absolute Gasteiger partial charge is 0.328 e. The lowest BCUT2D eigenvalue weighted by molar-refractivity contribution is -0.145. The SMILES string of the molecule is C=C(c1ccc(OCC(=O)N[C@@H](CCCCN)C(=O)OC)cc1)N(O)C(C)(C)C(C)(C)C. The van der Waals surface area contributed by atoms with Crippen LogP contribution in [0.3, 0.4) is 0 Å². The number of nitrogens with two attached hydrogens (primary N) is 1. The monoisotopic (exact) mass is 449 g/mol. The lowest BCUT2D eigenvalue weighted by atomic mass is 9.75. The standard InChI is InChI=1S/C24H39N3O5/c1-17(27(30)24(5,6)23(2,3)4)18-11-13-19(14-12-18)32-16-21(28)26-20(22(29)31-7)10-8-9-15-25/h11-14,20,30H,1,8-10,15-16,25H2,2-7H3,(H,26,28)/t20-/m0/s1. The Hall–Kier alpha value is -2.58. The van der Waals surface area contributed by atoms with Crippen LogP contribution >= 0.6 is 0 Å². The molecule has 0 spiro atoms. The van der Waals surface area contributed by atoms with Crippen molar-refractivity contribution in [3.63, 3.8) is 0 Å². The van der Waals surface area contributed by atoms with Crippen molar-refractivity contribution in [1.29, 1.82) is 0 Å². The van der Waals surface area contributed by atoms with Crippen LogP contribution in [-0.2, 0) is 14.3 Å². The molecule has 0 aromatic heterocycles. The molecule has 0 heterocycles. The van der Waals surface area contributed by atoms with Crippen LogP contribution in [0, 0.1) is 5.41 Å². The third kappa shape index (κ3) is 7.53. The van der Waals surface area contributed by atoms with Crippen LogP contribution in [0.5, 0.6) is 5.75 Å². The molecule has 0 saturated carbocycles. The van der Waals surface area contributed by atoms with Gasteiger partial charge < -0.3 is 20.5 Å². The van der Waals surface area contributed by atoms with Crippen molar-refractivity contribution in [2.75, 3.05) is 20.3 Å². The highest BCUT2D eigenvalue weighted by molar-refractivity contribution is 5.85. The Bertz CT molecular complexity index is 769. The minimum Gasteiger partial charge on any atom is -0.484 e. The number of hydrogen-bond acceptors (Lipinski definition) is 7. The molecule has 1 rings (SSSR count). The number of unbranched alkanes of at least 4 members (excludes halogenated alkanes) is 1. The Labute approximate surface area is 191 Å². The van der Waals surface area contributed by atoms with E-state index in [1.165, 1.54) is 12.2 Å². The van der Waals surface area contributed by atoms with E-state index in [-0.39, 0.29) is 12.0 Å². The fourth-order valence-corrected chi connectivity index (χ4v) is 2.79. The molecule has 0 fully saturated rings. The molecular weight excluding hydrogens is 410 g/mol. The first-order valence-electron chi connectivity index (χ1n) is 10.8. The molecule has 1 aromatic rings.